The quantitative estimate of drug-likeness (QED) is 0.0161. The van der Waals surface area contributed by atoms with Crippen LogP contribution in [-0.4, -0.2) is 25.2 Å². The van der Waals surface area contributed by atoms with E-state index in [-0.39, 0.29) is 28.0 Å². The number of hydrogen-bond acceptors (Lipinski definition) is 8. The van der Waals surface area contributed by atoms with Gasteiger partial charge < -0.3 is 28.4 Å². The molecule has 0 saturated heterocycles. The van der Waals surface area contributed by atoms with E-state index in [1.54, 1.807) is 47.5 Å². The Morgan fingerprint density at radius 3 is 0.810 bits per heavy atom. The lowest BCUT2D eigenvalue weighted by Gasteiger charge is -2.33. The van der Waals surface area contributed by atoms with Crippen LogP contribution in [0.15, 0.2) is 291 Å². The Morgan fingerprint density at radius 2 is 0.504 bits per heavy atom. The van der Waals surface area contributed by atoms with Gasteiger partial charge in [0.25, 0.3) is 0 Å². The molecule has 0 bridgehead atoms. The molecule has 716 valence electrons. The fourth-order valence-corrected chi connectivity index (χ4v) is 17.4. The van der Waals surface area contributed by atoms with Crippen molar-refractivity contribution in [1.82, 2.24) is 0 Å². The smallest absolute Gasteiger partial charge is 0.347 e. The number of benzene rings is 13. The molecule has 13 aromatic rings. The molecule has 137 heavy (non-hydrogen) atoms. The van der Waals surface area contributed by atoms with E-state index in [9.17, 15) is 9.59 Å². The zero-order valence-corrected chi connectivity index (χ0v) is 84.4. The molecule has 0 fully saturated rings. The highest BCUT2D eigenvalue weighted by molar-refractivity contribution is 6.00. The number of unbranched alkanes of at least 4 members (excludes halogenated alkanes) is 22. The van der Waals surface area contributed by atoms with E-state index < -0.39 is 11.9 Å². The molecule has 0 heterocycles. The predicted molar refractivity (Wildman–Crippen MR) is 579 cm³/mol. The zero-order valence-electron chi connectivity index (χ0n) is 84.4. The van der Waals surface area contributed by atoms with Gasteiger partial charge in [0.2, 0.25) is 0 Å². The van der Waals surface area contributed by atoms with Crippen LogP contribution < -0.4 is 28.4 Å². The molecule has 1 aliphatic carbocycles. The third kappa shape index (κ3) is 35.2. The first kappa shape index (κ1) is 105. The van der Waals surface area contributed by atoms with Crippen LogP contribution in [0.5, 0.6) is 34.5 Å². The molecule has 14 rings (SSSR count). The largest absolute Gasteiger partial charge is 0.493 e. The summed E-state index contributed by atoms with van der Waals surface area (Å²) in [5.74, 6) is 2.08. The summed E-state index contributed by atoms with van der Waals surface area (Å²) in [6, 6.07) is 101. The molecule has 1 aliphatic rings. The minimum Gasteiger partial charge on any atom is -0.493 e. The van der Waals surface area contributed by atoms with E-state index in [1.165, 1.54) is 230 Å². The van der Waals surface area contributed by atoms with Gasteiger partial charge in [-0.05, 0) is 238 Å². The van der Waals surface area contributed by atoms with Gasteiger partial charge in [0, 0.05) is 5.41 Å². The van der Waals surface area contributed by atoms with Crippen molar-refractivity contribution in [1.29, 1.82) is 0 Å². The number of fused-ring (bicyclic) bond motifs is 3. The van der Waals surface area contributed by atoms with Crippen LogP contribution in [0.1, 0.15) is 317 Å². The van der Waals surface area contributed by atoms with Gasteiger partial charge in [-0.1, -0.05) is 463 Å². The van der Waals surface area contributed by atoms with Crippen molar-refractivity contribution in [2.24, 2.45) is 0 Å². The second kappa shape index (κ2) is 57.5. The van der Waals surface area contributed by atoms with Crippen LogP contribution in [0.2, 0.25) is 0 Å². The fourth-order valence-electron chi connectivity index (χ4n) is 17.4. The molecule has 0 spiro atoms. The lowest BCUT2D eigenvalue weighted by molar-refractivity contribution is 0.0712. The van der Waals surface area contributed by atoms with Crippen molar-refractivity contribution in [3.63, 3.8) is 0 Å². The monoisotopic (exact) mass is 1830 g/mol. The highest BCUT2D eigenvalue weighted by Gasteiger charge is 2.43. The SMILES string of the molecule is CCCCCCCC1(CCCCCCC)c2cc(-c3ccc(C)cc3)ccc2-c2ccc(-c3ccc(C)cc3)cc21.CCCCCCCCCCOc1cc(C(=O)Oc2ccc(C)cc2)c(OCCCCCCCCCC)cc1C(=O)Oc1ccc(C)cc1.Cc1ccc(/C=C/c2ccc(/C=C/c3ccc(C)cc3)cc2)cc1.Cc1ccc(OCc2cccc(COc3ccc(C)cc3)c2)cc1. The van der Waals surface area contributed by atoms with Crippen LogP contribution >= 0.6 is 0 Å². The van der Waals surface area contributed by atoms with Gasteiger partial charge in [0.1, 0.15) is 58.8 Å². The van der Waals surface area contributed by atoms with Crippen molar-refractivity contribution < 1.29 is 38.0 Å². The van der Waals surface area contributed by atoms with E-state index in [0.717, 1.165) is 72.3 Å². The van der Waals surface area contributed by atoms with Gasteiger partial charge in [0.05, 0.1) is 13.2 Å². The van der Waals surface area contributed by atoms with Crippen LogP contribution in [0, 0.1) is 55.4 Å². The average Bonchev–Trinajstić information content (AvgIpc) is 1.56. The first-order chi connectivity index (χ1) is 66.8. The van der Waals surface area contributed by atoms with Crippen molar-refractivity contribution in [2.75, 3.05) is 13.2 Å². The number of carbonyl (C=O) groups is 2. The molecule has 0 aliphatic heterocycles. The van der Waals surface area contributed by atoms with Crippen molar-refractivity contribution in [2.45, 2.75) is 281 Å². The molecular weight excluding hydrogens is 1680 g/mol. The van der Waals surface area contributed by atoms with Crippen LogP contribution in [0.25, 0.3) is 57.7 Å². The maximum absolute atomic E-state index is 13.6. The summed E-state index contributed by atoms with van der Waals surface area (Å²) in [6.45, 7) is 27.7. The van der Waals surface area contributed by atoms with Gasteiger partial charge in [-0.2, -0.15) is 0 Å². The summed E-state index contributed by atoms with van der Waals surface area (Å²) in [5, 5.41) is 0. The Morgan fingerprint density at radius 1 is 0.248 bits per heavy atom. The molecule has 8 nitrogen and oxygen atoms in total. The summed E-state index contributed by atoms with van der Waals surface area (Å²) in [7, 11) is 0. The molecule has 0 unspecified atom stereocenters. The maximum atomic E-state index is 13.6. The fraction of sp³-hybridized carbons (Fsp3) is 0.349. The normalized spacial score (nSPS) is 11.6. The topological polar surface area (TPSA) is 89.5 Å². The standard InChI is InChI=1S/C42H58O6.C41H50.C24H22.C22H22O2/c1-5-7-9-11-13-15-17-19-29-45-39-31-38(42(44)48-36-27-23-34(4)24-28-36)40(46-30-20-18-16-14-12-10-8-6-2)32-37(39)41(43)47-35-25-21-33(3)22-26-35;1-5-7-9-11-13-27-41(28-14-12-10-8-6-2)39-29-35(33-19-15-31(3)16-20-33)23-25-37(39)38-26-24-36(30-40(38)41)34-21-17-32(4)18-22-34;1-19-3-7-21(8-4-19)11-13-23-15-17-24(18-16-23)14-12-22-9-5-20(2)6-10-22;1-17-6-10-21(11-7-17)23-15-19-4-3-5-20(14-19)16-24-22-12-8-18(2)9-13-22/h21-28,31-32H,5-20,29-30H2,1-4H3;15-26,29-30H,5-14,27-28H2,1-4H3;3-18H,1-2H3;3-14H,15-16H2,1-2H3/b;;13-11+,14-12+;. The Labute approximate surface area is 822 Å². The third-order valence-electron chi connectivity index (χ3n) is 25.9. The molecule has 0 aromatic heterocycles. The maximum Gasteiger partial charge on any atom is 0.347 e. The van der Waals surface area contributed by atoms with Crippen LogP contribution in [0.4, 0.5) is 0 Å². The van der Waals surface area contributed by atoms with Crippen molar-refractivity contribution in [3.05, 3.63) is 391 Å². The van der Waals surface area contributed by atoms with Crippen molar-refractivity contribution >= 4 is 36.2 Å². The molecule has 8 heteroatoms. The predicted octanol–water partition coefficient (Wildman–Crippen LogP) is 36.5. The van der Waals surface area contributed by atoms with E-state index in [4.69, 9.17) is 28.4 Å². The zero-order chi connectivity index (χ0) is 96.6. The number of hydrogen-bond donors (Lipinski definition) is 0. The number of carbonyl (C=O) groups excluding carboxylic acids is 2. The molecule has 13 aromatic carbocycles. The molecular formula is C129H152O8. The first-order valence-electron chi connectivity index (χ1n) is 51.4. The number of ether oxygens (including phenoxy) is 6. The molecule has 0 N–H and O–H groups in total. The number of aryl methyl sites for hydroxylation is 8. The summed E-state index contributed by atoms with van der Waals surface area (Å²) < 4.78 is 35.6. The van der Waals surface area contributed by atoms with Crippen molar-refractivity contribution in [3.8, 4) is 67.9 Å². The van der Waals surface area contributed by atoms with Gasteiger partial charge in [-0.15, -0.1) is 0 Å². The minimum atomic E-state index is -0.569. The van der Waals surface area contributed by atoms with Crippen LogP contribution in [0.3, 0.4) is 0 Å². The molecule has 0 amide bonds. The lowest BCUT2D eigenvalue weighted by atomic mass is 9.70. The van der Waals surface area contributed by atoms with Gasteiger partial charge in [0.15, 0.2) is 0 Å². The second-order valence-electron chi connectivity index (χ2n) is 37.7. The average molecular weight is 1830 g/mol. The summed E-state index contributed by atoms with van der Waals surface area (Å²) in [5.41, 5.74) is 29.0. The van der Waals surface area contributed by atoms with E-state index >= 15 is 0 Å². The Balaban J connectivity index is 0.000000183. The third-order valence-corrected chi connectivity index (χ3v) is 25.9. The lowest BCUT2D eigenvalue weighted by Crippen LogP contribution is -2.25. The van der Waals surface area contributed by atoms with E-state index in [2.05, 4.69) is 294 Å². The highest BCUT2D eigenvalue weighted by Crippen LogP contribution is 2.56. The highest BCUT2D eigenvalue weighted by atomic mass is 16.5. The Bertz CT molecular complexity index is 5430. The second-order valence-corrected chi connectivity index (χ2v) is 37.7. The molecule has 0 radical (unpaired) electrons. The summed E-state index contributed by atoms with van der Waals surface area (Å²) in [4.78, 5) is 27.2. The van der Waals surface area contributed by atoms with Gasteiger partial charge in [-0.3, -0.25) is 0 Å². The van der Waals surface area contributed by atoms with Crippen LogP contribution in [-0.2, 0) is 18.6 Å². The first-order valence-corrected chi connectivity index (χ1v) is 51.4. The summed E-state index contributed by atoms with van der Waals surface area (Å²) in [6.07, 6.45) is 43.1. The van der Waals surface area contributed by atoms with E-state index in [0.29, 0.717) is 37.9 Å². The molecule has 0 atom stereocenters. The number of rotatable bonds is 48. The van der Waals surface area contributed by atoms with Gasteiger partial charge in [-0.25, -0.2) is 9.59 Å². The minimum absolute atomic E-state index is 0.0878. The summed E-state index contributed by atoms with van der Waals surface area (Å²) >= 11 is 0. The van der Waals surface area contributed by atoms with Gasteiger partial charge >= 0.3 is 11.9 Å². The number of esters is 2. The van der Waals surface area contributed by atoms with E-state index in [1.807, 2.05) is 68.4 Å². The molecule has 0 saturated carbocycles. The Hall–Kier alpha value is -12.5. The Kier molecular flexibility index (Phi) is 44.1.